The quantitative estimate of drug-likeness (QED) is 0.773. The molecule has 1 aromatic rings. The second-order valence-corrected chi connectivity index (χ2v) is 9.06. The number of amides is 1. The zero-order valence-electron chi connectivity index (χ0n) is 18.1. The van der Waals surface area contributed by atoms with Crippen LogP contribution in [0.4, 0.5) is 11.6 Å². The molecule has 3 heterocycles. The molecule has 2 aliphatic heterocycles. The SMILES string of the molecule is CN(C)c1ccc(N2CCC(C(=O)N3CCN(C4CCCCC4)CC3)CC2)nn1. The second-order valence-electron chi connectivity index (χ2n) is 9.06. The van der Waals surface area contributed by atoms with E-state index in [1.54, 1.807) is 0 Å². The molecule has 160 valence electrons. The molecule has 0 radical (unpaired) electrons. The first-order chi connectivity index (χ1) is 14.1. The molecule has 3 fully saturated rings. The highest BCUT2D eigenvalue weighted by molar-refractivity contribution is 5.79. The van der Waals surface area contributed by atoms with Gasteiger partial charge in [0.2, 0.25) is 5.91 Å². The van der Waals surface area contributed by atoms with Crippen molar-refractivity contribution >= 4 is 17.5 Å². The summed E-state index contributed by atoms with van der Waals surface area (Å²) < 4.78 is 0. The summed E-state index contributed by atoms with van der Waals surface area (Å²) in [6.45, 7) is 5.70. The minimum atomic E-state index is 0.168. The van der Waals surface area contributed by atoms with Crippen molar-refractivity contribution in [1.82, 2.24) is 20.0 Å². The molecule has 1 amide bonds. The zero-order chi connectivity index (χ0) is 20.2. The van der Waals surface area contributed by atoms with Crippen LogP contribution in [0.5, 0.6) is 0 Å². The topological polar surface area (TPSA) is 55.8 Å². The van der Waals surface area contributed by atoms with Crippen molar-refractivity contribution < 1.29 is 4.79 Å². The fourth-order valence-corrected chi connectivity index (χ4v) is 5.09. The van der Waals surface area contributed by atoms with Gasteiger partial charge in [-0.3, -0.25) is 9.69 Å². The molecule has 1 aliphatic carbocycles. The van der Waals surface area contributed by atoms with Crippen LogP contribution in [-0.2, 0) is 4.79 Å². The zero-order valence-corrected chi connectivity index (χ0v) is 18.1. The predicted molar refractivity (Wildman–Crippen MR) is 116 cm³/mol. The van der Waals surface area contributed by atoms with Crippen molar-refractivity contribution in [3.05, 3.63) is 12.1 Å². The van der Waals surface area contributed by atoms with Crippen molar-refractivity contribution in [3.63, 3.8) is 0 Å². The van der Waals surface area contributed by atoms with Gasteiger partial charge in [0.15, 0.2) is 11.6 Å². The number of carbonyl (C=O) groups is 1. The average Bonchev–Trinajstić information content (AvgIpc) is 2.79. The molecule has 1 aromatic heterocycles. The molecule has 2 saturated heterocycles. The number of hydrogen-bond acceptors (Lipinski definition) is 6. The monoisotopic (exact) mass is 400 g/mol. The van der Waals surface area contributed by atoms with E-state index in [2.05, 4.69) is 24.9 Å². The lowest BCUT2D eigenvalue weighted by Gasteiger charge is -2.42. The van der Waals surface area contributed by atoms with Crippen molar-refractivity contribution in [1.29, 1.82) is 0 Å². The Bertz CT molecular complexity index is 656. The molecular formula is C22H36N6O. The van der Waals surface area contributed by atoms with Crippen molar-refractivity contribution in [3.8, 4) is 0 Å². The minimum absolute atomic E-state index is 0.168. The molecule has 0 N–H and O–H groups in total. The smallest absolute Gasteiger partial charge is 0.225 e. The molecule has 3 aliphatic rings. The Hall–Kier alpha value is -1.89. The normalized spacial score (nSPS) is 22.7. The van der Waals surface area contributed by atoms with Gasteiger partial charge in [0.25, 0.3) is 0 Å². The van der Waals surface area contributed by atoms with E-state index < -0.39 is 0 Å². The van der Waals surface area contributed by atoms with E-state index in [0.717, 1.165) is 69.8 Å². The summed E-state index contributed by atoms with van der Waals surface area (Å²) in [5.74, 6) is 2.33. The number of rotatable bonds is 4. The molecule has 0 aromatic carbocycles. The standard InChI is InChI=1S/C22H36N6O/c1-25(2)20-8-9-21(24-23-20)27-12-10-18(11-13-27)22(29)28-16-14-26(15-17-28)19-6-4-3-5-7-19/h8-9,18-19H,3-7,10-17H2,1-2H3. The highest BCUT2D eigenvalue weighted by Crippen LogP contribution is 2.26. The van der Waals surface area contributed by atoms with Crippen molar-refractivity contribution in [2.75, 3.05) is 63.2 Å². The summed E-state index contributed by atoms with van der Waals surface area (Å²) in [4.78, 5) is 22.0. The van der Waals surface area contributed by atoms with Gasteiger partial charge in [0.05, 0.1) is 0 Å². The summed E-state index contributed by atoms with van der Waals surface area (Å²) in [5.41, 5.74) is 0. The summed E-state index contributed by atoms with van der Waals surface area (Å²) >= 11 is 0. The first kappa shape index (κ1) is 20.4. The van der Waals surface area contributed by atoms with E-state index in [1.807, 2.05) is 31.1 Å². The first-order valence-electron chi connectivity index (χ1n) is 11.4. The lowest BCUT2D eigenvalue weighted by molar-refractivity contribution is -0.138. The van der Waals surface area contributed by atoms with Crippen LogP contribution >= 0.6 is 0 Å². The Kier molecular flexibility index (Phi) is 6.53. The Morgan fingerprint density at radius 3 is 2.17 bits per heavy atom. The fourth-order valence-electron chi connectivity index (χ4n) is 5.09. The van der Waals surface area contributed by atoms with E-state index in [4.69, 9.17) is 0 Å². The van der Waals surface area contributed by atoms with Gasteiger partial charge in [-0.1, -0.05) is 19.3 Å². The largest absolute Gasteiger partial charge is 0.361 e. The summed E-state index contributed by atoms with van der Waals surface area (Å²) in [6.07, 6.45) is 8.70. The van der Waals surface area contributed by atoms with E-state index in [-0.39, 0.29) is 5.92 Å². The number of nitrogens with zero attached hydrogens (tertiary/aromatic N) is 6. The maximum atomic E-state index is 13.1. The number of anilines is 2. The average molecular weight is 401 g/mol. The fraction of sp³-hybridized carbons (Fsp3) is 0.773. The van der Waals surface area contributed by atoms with Crippen LogP contribution in [0.3, 0.4) is 0 Å². The van der Waals surface area contributed by atoms with Crippen LogP contribution < -0.4 is 9.80 Å². The summed E-state index contributed by atoms with van der Waals surface area (Å²) in [6, 6.07) is 4.81. The second kappa shape index (κ2) is 9.28. The van der Waals surface area contributed by atoms with Gasteiger partial charge in [-0.25, -0.2) is 0 Å². The lowest BCUT2D eigenvalue weighted by Crippen LogP contribution is -2.54. The molecule has 0 atom stereocenters. The molecule has 0 spiro atoms. The van der Waals surface area contributed by atoms with Crippen LogP contribution in [0.1, 0.15) is 44.9 Å². The predicted octanol–water partition coefficient (Wildman–Crippen LogP) is 2.24. The van der Waals surface area contributed by atoms with Gasteiger partial charge in [-0.2, -0.15) is 0 Å². The van der Waals surface area contributed by atoms with Gasteiger partial charge in [0.1, 0.15) is 0 Å². The van der Waals surface area contributed by atoms with Crippen LogP contribution in [0.25, 0.3) is 0 Å². The maximum Gasteiger partial charge on any atom is 0.225 e. The summed E-state index contributed by atoms with van der Waals surface area (Å²) in [7, 11) is 3.94. The van der Waals surface area contributed by atoms with Crippen LogP contribution in [0, 0.1) is 5.92 Å². The van der Waals surface area contributed by atoms with Gasteiger partial charge < -0.3 is 14.7 Å². The van der Waals surface area contributed by atoms with E-state index in [9.17, 15) is 4.79 Å². The number of piperidine rings is 1. The van der Waals surface area contributed by atoms with Crippen LogP contribution in [0.2, 0.25) is 0 Å². The molecule has 1 saturated carbocycles. The number of piperazine rings is 1. The van der Waals surface area contributed by atoms with Gasteiger partial charge in [0, 0.05) is 65.3 Å². The molecule has 0 bridgehead atoms. The first-order valence-corrected chi connectivity index (χ1v) is 11.4. The Morgan fingerprint density at radius 1 is 0.897 bits per heavy atom. The highest BCUT2D eigenvalue weighted by Gasteiger charge is 2.32. The Morgan fingerprint density at radius 2 is 1.59 bits per heavy atom. The third-order valence-electron chi connectivity index (χ3n) is 6.98. The van der Waals surface area contributed by atoms with E-state index >= 15 is 0 Å². The van der Waals surface area contributed by atoms with Crippen LogP contribution in [-0.4, -0.2) is 85.3 Å². The van der Waals surface area contributed by atoms with Crippen molar-refractivity contribution in [2.45, 2.75) is 51.0 Å². The third kappa shape index (κ3) is 4.82. The van der Waals surface area contributed by atoms with Gasteiger partial charge >= 0.3 is 0 Å². The lowest BCUT2D eigenvalue weighted by atomic mass is 9.93. The highest BCUT2D eigenvalue weighted by atomic mass is 16.2. The molecule has 7 heteroatoms. The molecule has 7 nitrogen and oxygen atoms in total. The van der Waals surface area contributed by atoms with E-state index in [0.29, 0.717) is 5.91 Å². The molecular weight excluding hydrogens is 364 g/mol. The van der Waals surface area contributed by atoms with Gasteiger partial charge in [-0.15, -0.1) is 10.2 Å². The maximum absolute atomic E-state index is 13.1. The third-order valence-corrected chi connectivity index (χ3v) is 6.98. The van der Waals surface area contributed by atoms with Gasteiger partial charge in [-0.05, 0) is 37.8 Å². The number of hydrogen-bond donors (Lipinski definition) is 0. The number of aromatic nitrogens is 2. The van der Waals surface area contributed by atoms with E-state index in [1.165, 1.54) is 32.1 Å². The van der Waals surface area contributed by atoms with Crippen LogP contribution in [0.15, 0.2) is 12.1 Å². The Labute approximate surface area is 175 Å². The minimum Gasteiger partial charge on any atom is -0.361 e. The Balaban J connectivity index is 1.24. The molecule has 29 heavy (non-hydrogen) atoms. The van der Waals surface area contributed by atoms with Crippen molar-refractivity contribution in [2.24, 2.45) is 5.92 Å². The molecule has 4 rings (SSSR count). The molecule has 0 unspecified atom stereocenters. The number of carbonyl (C=O) groups excluding carboxylic acids is 1. The summed E-state index contributed by atoms with van der Waals surface area (Å²) in [5, 5.41) is 8.65.